The topological polar surface area (TPSA) is 75.0 Å². The fourth-order valence-electron chi connectivity index (χ4n) is 1.62. The molecule has 0 aliphatic rings. The average molecular weight is 270 g/mol. The number of ether oxygens (including phenoxy) is 1. The summed E-state index contributed by atoms with van der Waals surface area (Å²) in [6.07, 6.45) is 0. The normalized spacial score (nSPS) is 12.5. The third-order valence-electron chi connectivity index (χ3n) is 2.52. The highest BCUT2D eigenvalue weighted by atomic mass is 32.1. The van der Waals surface area contributed by atoms with E-state index in [0.717, 1.165) is 0 Å². The summed E-state index contributed by atoms with van der Waals surface area (Å²) in [6.45, 7) is 7.62. The monoisotopic (exact) mass is 270 g/mol. The Morgan fingerprint density at radius 2 is 1.94 bits per heavy atom. The van der Waals surface area contributed by atoms with Crippen LogP contribution in [0.25, 0.3) is 0 Å². The fourth-order valence-corrected chi connectivity index (χ4v) is 1.87. The molecule has 1 atom stereocenters. The van der Waals surface area contributed by atoms with Gasteiger partial charge in [0.2, 0.25) is 0 Å². The van der Waals surface area contributed by atoms with Gasteiger partial charge >= 0.3 is 5.97 Å². The average Bonchev–Trinajstić information content (AvgIpc) is 2.24. The van der Waals surface area contributed by atoms with Gasteiger partial charge in [0, 0.05) is 5.69 Å². The molecular weight excluding hydrogens is 252 g/mol. The molecule has 1 heterocycles. The molecule has 6 heteroatoms. The minimum absolute atomic E-state index is 0.254. The van der Waals surface area contributed by atoms with Crippen LogP contribution in [-0.2, 0) is 9.53 Å². The first-order valence-corrected chi connectivity index (χ1v) is 6.23. The number of esters is 1. The molecule has 1 rings (SSSR count). The van der Waals surface area contributed by atoms with Gasteiger partial charge < -0.3 is 9.72 Å². The van der Waals surface area contributed by atoms with E-state index in [0.29, 0.717) is 17.9 Å². The van der Waals surface area contributed by atoms with Crippen molar-refractivity contribution >= 4 is 18.2 Å². The van der Waals surface area contributed by atoms with Crippen LogP contribution in [0.2, 0.25) is 0 Å². The number of aromatic amines is 2. The largest absolute Gasteiger partial charge is 0.465 e. The summed E-state index contributed by atoms with van der Waals surface area (Å²) in [7, 11) is 0. The molecule has 100 valence electrons. The number of carbonyl (C=O) groups is 1. The Kier molecular flexibility index (Phi) is 4.84. The zero-order valence-corrected chi connectivity index (χ0v) is 11.8. The minimum Gasteiger partial charge on any atom is -0.465 e. The molecule has 0 aliphatic carbocycles. The SMILES string of the molecule is Cc1[nH]c(=S)[nH]c(=O)c1[C@@H](C)C(=O)OCC(C)C. The number of nitrogens with one attached hydrogen (secondary N) is 2. The molecule has 0 fully saturated rings. The zero-order chi connectivity index (χ0) is 13.9. The first kappa shape index (κ1) is 14.6. The Bertz CT molecular complexity index is 545. The first-order valence-electron chi connectivity index (χ1n) is 5.82. The van der Waals surface area contributed by atoms with Crippen molar-refractivity contribution in [3.8, 4) is 0 Å². The molecule has 1 aromatic heterocycles. The number of rotatable bonds is 4. The van der Waals surface area contributed by atoms with Gasteiger partial charge in [-0.05, 0) is 32.0 Å². The Morgan fingerprint density at radius 3 is 2.44 bits per heavy atom. The van der Waals surface area contributed by atoms with E-state index >= 15 is 0 Å². The van der Waals surface area contributed by atoms with Crippen LogP contribution in [0.15, 0.2) is 4.79 Å². The van der Waals surface area contributed by atoms with Crippen LogP contribution in [0.4, 0.5) is 0 Å². The third-order valence-corrected chi connectivity index (χ3v) is 2.73. The Balaban J connectivity index is 2.97. The maximum Gasteiger partial charge on any atom is 0.313 e. The van der Waals surface area contributed by atoms with Crippen molar-refractivity contribution in [2.75, 3.05) is 6.61 Å². The smallest absolute Gasteiger partial charge is 0.313 e. The molecule has 0 radical (unpaired) electrons. The van der Waals surface area contributed by atoms with Crippen LogP contribution >= 0.6 is 12.2 Å². The van der Waals surface area contributed by atoms with E-state index in [-0.39, 0.29) is 16.2 Å². The van der Waals surface area contributed by atoms with Gasteiger partial charge in [-0.1, -0.05) is 13.8 Å². The predicted molar refractivity (Wildman–Crippen MR) is 71.2 cm³/mol. The van der Waals surface area contributed by atoms with E-state index < -0.39 is 11.9 Å². The summed E-state index contributed by atoms with van der Waals surface area (Å²) in [5.74, 6) is -0.746. The molecule has 0 saturated carbocycles. The molecule has 0 saturated heterocycles. The molecule has 18 heavy (non-hydrogen) atoms. The van der Waals surface area contributed by atoms with Gasteiger partial charge in [-0.25, -0.2) is 0 Å². The van der Waals surface area contributed by atoms with Gasteiger partial charge in [0.15, 0.2) is 4.77 Å². The molecule has 1 aromatic rings. The highest BCUT2D eigenvalue weighted by Crippen LogP contribution is 2.15. The molecule has 0 unspecified atom stereocenters. The molecular formula is C12H18N2O3S. The van der Waals surface area contributed by atoms with Crippen LogP contribution < -0.4 is 5.56 Å². The Labute approximate surface area is 111 Å². The molecule has 0 aromatic carbocycles. The lowest BCUT2D eigenvalue weighted by Gasteiger charge is -2.14. The van der Waals surface area contributed by atoms with Gasteiger partial charge in [-0.15, -0.1) is 0 Å². The van der Waals surface area contributed by atoms with Crippen molar-refractivity contribution in [3.05, 3.63) is 26.4 Å². The number of hydrogen-bond donors (Lipinski definition) is 2. The Morgan fingerprint density at radius 1 is 1.33 bits per heavy atom. The van der Waals surface area contributed by atoms with Crippen molar-refractivity contribution in [3.63, 3.8) is 0 Å². The lowest BCUT2D eigenvalue weighted by molar-refractivity contribution is -0.146. The van der Waals surface area contributed by atoms with Crippen LogP contribution in [0.5, 0.6) is 0 Å². The predicted octanol–water partition coefficient (Wildman–Crippen LogP) is 2.04. The lowest BCUT2D eigenvalue weighted by Crippen LogP contribution is -2.25. The maximum absolute atomic E-state index is 11.8. The second-order valence-electron chi connectivity index (χ2n) is 4.69. The van der Waals surface area contributed by atoms with E-state index in [1.807, 2.05) is 13.8 Å². The Hall–Kier alpha value is -1.43. The van der Waals surface area contributed by atoms with Crippen LogP contribution in [0.1, 0.15) is 37.9 Å². The van der Waals surface area contributed by atoms with Crippen molar-refractivity contribution in [1.82, 2.24) is 9.97 Å². The van der Waals surface area contributed by atoms with E-state index in [4.69, 9.17) is 17.0 Å². The third kappa shape index (κ3) is 3.53. The summed E-state index contributed by atoms with van der Waals surface area (Å²) < 4.78 is 5.38. The van der Waals surface area contributed by atoms with Crippen molar-refractivity contribution in [2.24, 2.45) is 5.92 Å². The second-order valence-corrected chi connectivity index (χ2v) is 5.10. The summed E-state index contributed by atoms with van der Waals surface area (Å²) in [5, 5.41) is 0. The molecule has 5 nitrogen and oxygen atoms in total. The van der Waals surface area contributed by atoms with Gasteiger partial charge in [0.25, 0.3) is 5.56 Å². The van der Waals surface area contributed by atoms with Gasteiger partial charge in [0.05, 0.1) is 18.1 Å². The maximum atomic E-state index is 11.8. The number of aromatic nitrogens is 2. The summed E-state index contributed by atoms with van der Waals surface area (Å²) >= 11 is 4.86. The molecule has 2 N–H and O–H groups in total. The van der Waals surface area contributed by atoms with Crippen molar-refractivity contribution < 1.29 is 9.53 Å². The standard InChI is InChI=1S/C12H18N2O3S/c1-6(2)5-17-11(16)7(3)9-8(4)13-12(18)14-10(9)15/h6-7H,5H2,1-4H3,(H2,13,14,15,18)/t7-/m1/s1. The van der Waals surface area contributed by atoms with Crippen molar-refractivity contribution in [2.45, 2.75) is 33.6 Å². The summed E-state index contributed by atoms with van der Waals surface area (Å²) in [4.78, 5) is 28.9. The van der Waals surface area contributed by atoms with Crippen LogP contribution in [-0.4, -0.2) is 22.5 Å². The van der Waals surface area contributed by atoms with E-state index in [9.17, 15) is 9.59 Å². The number of carbonyl (C=O) groups excluding carboxylic acids is 1. The minimum atomic E-state index is -0.612. The quantitative estimate of drug-likeness (QED) is 0.648. The molecule has 0 bridgehead atoms. The highest BCUT2D eigenvalue weighted by Gasteiger charge is 2.22. The zero-order valence-electron chi connectivity index (χ0n) is 11.0. The first-order chi connectivity index (χ1) is 8.32. The van der Waals surface area contributed by atoms with Gasteiger partial charge in [-0.2, -0.15) is 0 Å². The van der Waals surface area contributed by atoms with E-state index in [1.54, 1.807) is 13.8 Å². The van der Waals surface area contributed by atoms with Gasteiger partial charge in [-0.3, -0.25) is 14.6 Å². The van der Waals surface area contributed by atoms with Crippen molar-refractivity contribution in [1.29, 1.82) is 0 Å². The second kappa shape index (κ2) is 5.95. The molecule has 0 amide bonds. The van der Waals surface area contributed by atoms with E-state index in [1.165, 1.54) is 0 Å². The fraction of sp³-hybridized carbons (Fsp3) is 0.583. The number of H-pyrrole nitrogens is 2. The van der Waals surface area contributed by atoms with Crippen LogP contribution in [0.3, 0.4) is 0 Å². The molecule has 0 aliphatic heterocycles. The highest BCUT2D eigenvalue weighted by molar-refractivity contribution is 7.71. The number of aryl methyl sites for hydroxylation is 1. The summed E-state index contributed by atoms with van der Waals surface area (Å²) in [5.41, 5.74) is 0.625. The number of hydrogen-bond acceptors (Lipinski definition) is 4. The van der Waals surface area contributed by atoms with Gasteiger partial charge in [0.1, 0.15) is 0 Å². The summed E-state index contributed by atoms with van der Waals surface area (Å²) in [6, 6.07) is 0. The lowest BCUT2D eigenvalue weighted by atomic mass is 10.0. The van der Waals surface area contributed by atoms with Crippen LogP contribution in [0, 0.1) is 17.6 Å². The van der Waals surface area contributed by atoms with E-state index in [2.05, 4.69) is 9.97 Å². The molecule has 0 spiro atoms.